The van der Waals surface area contributed by atoms with Crippen LogP contribution in [0.15, 0.2) is 24.3 Å². The van der Waals surface area contributed by atoms with Gasteiger partial charge in [-0.1, -0.05) is 18.5 Å². The van der Waals surface area contributed by atoms with Gasteiger partial charge in [0.25, 0.3) is 5.91 Å². The number of aromatic nitrogens is 1. The average molecular weight is 417 g/mol. The summed E-state index contributed by atoms with van der Waals surface area (Å²) in [4.78, 5) is 17.7. The van der Waals surface area contributed by atoms with Gasteiger partial charge in [0.15, 0.2) is 0 Å². The van der Waals surface area contributed by atoms with Crippen molar-refractivity contribution in [1.82, 2.24) is 15.6 Å². The molecule has 1 aliphatic carbocycles. The summed E-state index contributed by atoms with van der Waals surface area (Å²) in [6.07, 6.45) is 3.29. The number of pyridine rings is 1. The Morgan fingerprint density at radius 3 is 2.69 bits per heavy atom. The Hall–Kier alpha value is -1.07. The second-order valence-electron chi connectivity index (χ2n) is 7.08. The first-order valence-corrected chi connectivity index (χ1v) is 9.11. The Balaban J connectivity index is 0.00000121. The number of halogens is 3. The first kappa shape index (κ1) is 21.2. The van der Waals surface area contributed by atoms with Crippen LogP contribution >= 0.6 is 36.4 Å². The summed E-state index contributed by atoms with van der Waals surface area (Å²) < 4.78 is 0. The number of rotatable bonds is 3. The molecule has 2 fully saturated rings. The van der Waals surface area contributed by atoms with Gasteiger partial charge in [-0.3, -0.25) is 9.78 Å². The van der Waals surface area contributed by atoms with Crippen LogP contribution in [0.1, 0.15) is 48.2 Å². The van der Waals surface area contributed by atoms with E-state index in [1.54, 1.807) is 0 Å². The van der Waals surface area contributed by atoms with Crippen LogP contribution in [0.4, 0.5) is 0 Å². The third-order valence-corrected chi connectivity index (χ3v) is 5.37. The Labute approximate surface area is 171 Å². The van der Waals surface area contributed by atoms with Gasteiger partial charge < -0.3 is 10.6 Å². The highest BCUT2D eigenvalue weighted by Crippen LogP contribution is 2.40. The molecule has 0 spiro atoms. The molecule has 0 radical (unpaired) electrons. The van der Waals surface area contributed by atoms with E-state index < -0.39 is 0 Å². The molecular formula is C19H24Cl3N3O. The lowest BCUT2D eigenvalue weighted by Gasteiger charge is -2.30. The van der Waals surface area contributed by atoms with Crippen molar-refractivity contribution >= 4 is 53.2 Å². The summed E-state index contributed by atoms with van der Waals surface area (Å²) >= 11 is 6.16. The summed E-state index contributed by atoms with van der Waals surface area (Å²) in [6, 6.07) is 7.78. The number of hydrogen-bond acceptors (Lipinski definition) is 3. The molecule has 2 aromatic rings. The third-order valence-electron chi connectivity index (χ3n) is 5.13. The fraction of sp³-hybridized carbons (Fsp3) is 0.474. The second-order valence-corrected chi connectivity index (χ2v) is 7.52. The number of piperidine rings is 1. The number of nitrogens with one attached hydrogen (secondary N) is 2. The number of carbonyl (C=O) groups excluding carboxylic acids is 1. The largest absolute Gasteiger partial charge is 0.349 e. The predicted octanol–water partition coefficient (Wildman–Crippen LogP) is 4.34. The maximum atomic E-state index is 13.0. The smallest absolute Gasteiger partial charge is 0.252 e. The zero-order valence-electron chi connectivity index (χ0n) is 14.6. The van der Waals surface area contributed by atoms with Gasteiger partial charge in [-0.25, -0.2) is 0 Å². The van der Waals surface area contributed by atoms with Crippen molar-refractivity contribution in [2.75, 3.05) is 13.1 Å². The number of fused-ring (bicyclic) bond motifs is 1. The summed E-state index contributed by atoms with van der Waals surface area (Å²) in [5.74, 6) is 0.932. The maximum absolute atomic E-state index is 13.0. The van der Waals surface area contributed by atoms with E-state index in [0.717, 1.165) is 36.1 Å². The zero-order valence-corrected chi connectivity index (χ0v) is 17.0. The van der Waals surface area contributed by atoms with Crippen LogP contribution in [0.5, 0.6) is 0 Å². The molecule has 0 bridgehead atoms. The van der Waals surface area contributed by atoms with E-state index in [1.807, 2.05) is 24.3 Å². The van der Waals surface area contributed by atoms with Gasteiger partial charge in [0.05, 0.1) is 11.1 Å². The summed E-state index contributed by atoms with van der Waals surface area (Å²) in [7, 11) is 0. The van der Waals surface area contributed by atoms with Crippen molar-refractivity contribution in [2.24, 2.45) is 5.92 Å². The molecule has 2 heterocycles. The molecule has 2 N–H and O–H groups in total. The molecule has 4 nitrogen and oxygen atoms in total. The van der Waals surface area contributed by atoms with Crippen LogP contribution in [0.3, 0.4) is 0 Å². The molecule has 1 amide bonds. The van der Waals surface area contributed by atoms with Crippen LogP contribution in [0.25, 0.3) is 10.9 Å². The molecule has 1 aromatic heterocycles. The van der Waals surface area contributed by atoms with Gasteiger partial charge in [-0.05, 0) is 62.5 Å². The highest BCUT2D eigenvalue weighted by atomic mass is 35.5. The second kappa shape index (κ2) is 8.75. The number of hydrogen-bond donors (Lipinski definition) is 2. The van der Waals surface area contributed by atoms with Gasteiger partial charge in [0.1, 0.15) is 0 Å². The SMILES string of the molecule is CC1CNCCC1NC(=O)c1cc(C2CC2)nc2ccc(Cl)cc12.Cl.Cl. The highest BCUT2D eigenvalue weighted by Gasteiger charge is 2.28. The van der Waals surface area contributed by atoms with Gasteiger partial charge in [-0.15, -0.1) is 24.8 Å². The van der Waals surface area contributed by atoms with Crippen molar-refractivity contribution < 1.29 is 4.79 Å². The first-order chi connectivity index (χ1) is 11.6. The molecule has 4 rings (SSSR count). The van der Waals surface area contributed by atoms with E-state index in [2.05, 4.69) is 17.6 Å². The summed E-state index contributed by atoms with van der Waals surface area (Å²) in [6.45, 7) is 4.07. The number of nitrogens with zero attached hydrogens (tertiary/aromatic N) is 1. The van der Waals surface area contributed by atoms with Gasteiger partial charge in [-0.2, -0.15) is 0 Å². The Kier molecular flexibility index (Phi) is 7.14. The molecule has 7 heteroatoms. The molecule has 1 aliphatic heterocycles. The standard InChI is InChI=1S/C19H22ClN3O.2ClH/c1-11-10-21-7-6-16(11)23-19(24)15-9-18(12-2-3-12)22-17-5-4-13(20)8-14(15)17;;/h4-5,8-9,11-12,16,21H,2-3,6-7,10H2,1H3,(H,23,24);2*1H. The van der Waals surface area contributed by atoms with Crippen molar-refractivity contribution in [1.29, 1.82) is 0 Å². The molecular weight excluding hydrogens is 393 g/mol. The fourth-order valence-electron chi connectivity index (χ4n) is 3.47. The Morgan fingerprint density at radius 1 is 1.23 bits per heavy atom. The summed E-state index contributed by atoms with van der Waals surface area (Å²) in [5.41, 5.74) is 2.59. The Bertz CT molecular complexity index is 795. The van der Waals surface area contributed by atoms with Crippen LogP contribution in [-0.2, 0) is 0 Å². The predicted molar refractivity (Wildman–Crippen MR) is 111 cm³/mol. The van der Waals surface area contributed by atoms with Crippen molar-refractivity contribution in [2.45, 2.75) is 38.1 Å². The molecule has 2 atom stereocenters. The van der Waals surface area contributed by atoms with Crippen LogP contribution in [-0.4, -0.2) is 30.0 Å². The van der Waals surface area contributed by atoms with Crippen molar-refractivity contribution in [3.05, 3.63) is 40.5 Å². The topological polar surface area (TPSA) is 54.0 Å². The monoisotopic (exact) mass is 415 g/mol. The molecule has 26 heavy (non-hydrogen) atoms. The molecule has 1 saturated carbocycles. The maximum Gasteiger partial charge on any atom is 0.252 e. The van der Waals surface area contributed by atoms with E-state index >= 15 is 0 Å². The van der Waals surface area contributed by atoms with E-state index in [9.17, 15) is 4.79 Å². The normalized spacial score (nSPS) is 22.2. The number of benzene rings is 1. The fourth-order valence-corrected chi connectivity index (χ4v) is 3.64. The van der Waals surface area contributed by atoms with Crippen LogP contribution < -0.4 is 10.6 Å². The Morgan fingerprint density at radius 2 is 2.00 bits per heavy atom. The van der Waals surface area contributed by atoms with E-state index in [0.29, 0.717) is 22.4 Å². The minimum absolute atomic E-state index is 0. The third kappa shape index (κ3) is 4.42. The van der Waals surface area contributed by atoms with E-state index in [1.165, 1.54) is 12.8 Å². The van der Waals surface area contributed by atoms with Gasteiger partial charge >= 0.3 is 0 Å². The minimum atomic E-state index is -0.00897. The molecule has 2 unspecified atom stereocenters. The van der Waals surface area contributed by atoms with Crippen LogP contribution in [0.2, 0.25) is 5.02 Å². The lowest BCUT2D eigenvalue weighted by molar-refractivity contribution is 0.0915. The van der Waals surface area contributed by atoms with Gasteiger partial charge in [0, 0.05) is 28.1 Å². The number of carbonyl (C=O) groups is 1. The van der Waals surface area contributed by atoms with E-state index in [4.69, 9.17) is 16.6 Å². The minimum Gasteiger partial charge on any atom is -0.349 e. The quantitative estimate of drug-likeness (QED) is 0.782. The molecule has 1 saturated heterocycles. The molecule has 1 aromatic carbocycles. The molecule has 142 valence electrons. The summed E-state index contributed by atoms with van der Waals surface area (Å²) in [5, 5.41) is 8.07. The average Bonchev–Trinajstić information content (AvgIpc) is 3.41. The lowest BCUT2D eigenvalue weighted by atomic mass is 9.94. The van der Waals surface area contributed by atoms with Crippen molar-refractivity contribution in [3.63, 3.8) is 0 Å². The number of amides is 1. The molecule has 2 aliphatic rings. The van der Waals surface area contributed by atoms with Crippen molar-refractivity contribution in [3.8, 4) is 0 Å². The first-order valence-electron chi connectivity index (χ1n) is 8.73. The lowest BCUT2D eigenvalue weighted by Crippen LogP contribution is -2.48. The highest BCUT2D eigenvalue weighted by molar-refractivity contribution is 6.31. The van der Waals surface area contributed by atoms with Crippen LogP contribution in [0, 0.1) is 5.92 Å². The van der Waals surface area contributed by atoms with E-state index in [-0.39, 0.29) is 36.8 Å². The zero-order chi connectivity index (χ0) is 16.7. The van der Waals surface area contributed by atoms with Gasteiger partial charge in [0.2, 0.25) is 0 Å².